The van der Waals surface area contributed by atoms with E-state index in [0.717, 1.165) is 12.8 Å². The van der Waals surface area contributed by atoms with Gasteiger partial charge in [-0.3, -0.25) is 9.59 Å². The van der Waals surface area contributed by atoms with Crippen molar-refractivity contribution in [3.63, 3.8) is 0 Å². The number of hydrogen-bond donors (Lipinski definition) is 1. The minimum absolute atomic E-state index is 0.0850. The van der Waals surface area contributed by atoms with Crippen molar-refractivity contribution < 1.29 is 31.1 Å². The van der Waals surface area contributed by atoms with Gasteiger partial charge in [0.25, 0.3) is 11.5 Å². The molecule has 1 fully saturated rings. The average molecular weight is 511 g/mol. The first-order chi connectivity index (χ1) is 16.8. The van der Waals surface area contributed by atoms with Gasteiger partial charge in [0.15, 0.2) is 0 Å². The third kappa shape index (κ3) is 4.66. The van der Waals surface area contributed by atoms with Gasteiger partial charge < -0.3 is 14.8 Å². The van der Waals surface area contributed by atoms with Gasteiger partial charge in [0, 0.05) is 38.0 Å². The molecule has 1 aromatic heterocycles. The van der Waals surface area contributed by atoms with E-state index in [4.69, 9.17) is 0 Å². The Morgan fingerprint density at radius 3 is 2.08 bits per heavy atom. The summed E-state index contributed by atoms with van der Waals surface area (Å²) in [7, 11) is 2.87. The monoisotopic (exact) mass is 511 g/mol. The standard InChI is InChI=1S/C25H23F6N3O2/c1-32-22(35)21-20(34-8-3-4-9-34)19-15(6-5-7-18(19)23(36)33(21)2)10-14-11-16(24(26,27)28)13-17(12-14)25(29,30)31/h5-7,11-13H,3-4,8-10H2,1-2H3,(H,32,35). The van der Waals surface area contributed by atoms with Crippen molar-refractivity contribution in [3.8, 4) is 0 Å². The number of rotatable bonds is 4. The summed E-state index contributed by atoms with van der Waals surface area (Å²) in [6, 6.07) is 6.09. The lowest BCUT2D eigenvalue weighted by molar-refractivity contribution is -0.143. The van der Waals surface area contributed by atoms with Crippen molar-refractivity contribution >= 4 is 22.4 Å². The minimum atomic E-state index is -4.97. The number of nitrogens with zero attached hydrogens (tertiary/aromatic N) is 2. The topological polar surface area (TPSA) is 54.3 Å². The van der Waals surface area contributed by atoms with Crippen LogP contribution in [0.3, 0.4) is 0 Å². The quantitative estimate of drug-likeness (QED) is 0.495. The Bertz CT molecular complexity index is 1350. The van der Waals surface area contributed by atoms with E-state index >= 15 is 0 Å². The molecule has 11 heteroatoms. The molecule has 2 heterocycles. The first kappa shape index (κ1) is 25.6. The summed E-state index contributed by atoms with van der Waals surface area (Å²) in [5.74, 6) is -0.522. The van der Waals surface area contributed by atoms with Crippen LogP contribution in [0.1, 0.15) is 45.6 Å². The molecule has 36 heavy (non-hydrogen) atoms. The SMILES string of the molecule is CNC(=O)c1c(N2CCCC2)c2c(Cc3cc(C(F)(F)F)cc(C(F)(F)F)c3)cccc2c(=O)n1C. The van der Waals surface area contributed by atoms with Gasteiger partial charge in [0.1, 0.15) is 5.69 Å². The molecular weight excluding hydrogens is 488 g/mol. The molecule has 1 N–H and O–H groups in total. The van der Waals surface area contributed by atoms with E-state index in [2.05, 4.69) is 5.32 Å². The van der Waals surface area contributed by atoms with E-state index in [1.165, 1.54) is 24.7 Å². The lowest BCUT2D eigenvalue weighted by atomic mass is 9.94. The Morgan fingerprint density at radius 1 is 0.972 bits per heavy atom. The van der Waals surface area contributed by atoms with Gasteiger partial charge in [-0.05, 0) is 54.7 Å². The van der Waals surface area contributed by atoms with Gasteiger partial charge in [0.2, 0.25) is 0 Å². The van der Waals surface area contributed by atoms with E-state index in [9.17, 15) is 35.9 Å². The number of carbonyl (C=O) groups excluding carboxylic acids is 1. The number of alkyl halides is 6. The van der Waals surface area contributed by atoms with E-state index in [-0.39, 0.29) is 29.1 Å². The zero-order valence-corrected chi connectivity index (χ0v) is 19.5. The molecule has 2 aromatic carbocycles. The van der Waals surface area contributed by atoms with Gasteiger partial charge in [-0.25, -0.2) is 0 Å². The number of anilines is 1. The summed E-state index contributed by atoms with van der Waals surface area (Å²) in [4.78, 5) is 28.0. The number of benzene rings is 2. The Labute approximate surface area is 202 Å². The molecule has 1 saturated heterocycles. The third-order valence-electron chi connectivity index (χ3n) is 6.39. The molecule has 4 rings (SSSR count). The van der Waals surface area contributed by atoms with Crippen molar-refractivity contribution in [1.29, 1.82) is 0 Å². The van der Waals surface area contributed by atoms with Crippen molar-refractivity contribution in [2.24, 2.45) is 7.05 Å². The van der Waals surface area contributed by atoms with Crippen LogP contribution in [0.4, 0.5) is 32.0 Å². The van der Waals surface area contributed by atoms with Crippen LogP contribution >= 0.6 is 0 Å². The predicted molar refractivity (Wildman–Crippen MR) is 123 cm³/mol. The third-order valence-corrected chi connectivity index (χ3v) is 6.39. The van der Waals surface area contributed by atoms with E-state index < -0.39 is 34.9 Å². The van der Waals surface area contributed by atoms with E-state index in [0.29, 0.717) is 41.9 Å². The summed E-state index contributed by atoms with van der Waals surface area (Å²) in [6.45, 7) is 1.18. The lowest BCUT2D eigenvalue weighted by Crippen LogP contribution is -2.33. The van der Waals surface area contributed by atoms with Crippen LogP contribution in [0, 0.1) is 0 Å². The Kier molecular flexibility index (Phi) is 6.52. The highest BCUT2D eigenvalue weighted by Crippen LogP contribution is 2.38. The molecular formula is C25H23F6N3O2. The molecule has 192 valence electrons. The lowest BCUT2D eigenvalue weighted by Gasteiger charge is -2.26. The zero-order chi connectivity index (χ0) is 26.4. The molecule has 0 saturated carbocycles. The van der Waals surface area contributed by atoms with Crippen molar-refractivity contribution in [2.75, 3.05) is 25.0 Å². The Balaban J connectivity index is 2.01. The molecule has 0 bridgehead atoms. The second-order valence-corrected chi connectivity index (χ2v) is 8.77. The molecule has 5 nitrogen and oxygen atoms in total. The average Bonchev–Trinajstić information content (AvgIpc) is 3.34. The number of nitrogens with one attached hydrogen (secondary N) is 1. The second-order valence-electron chi connectivity index (χ2n) is 8.77. The van der Waals surface area contributed by atoms with Crippen LogP contribution in [0.15, 0.2) is 41.2 Å². The number of amides is 1. The summed E-state index contributed by atoms with van der Waals surface area (Å²) < 4.78 is 81.7. The maximum absolute atomic E-state index is 13.4. The summed E-state index contributed by atoms with van der Waals surface area (Å²) in [5, 5.41) is 3.10. The second kappa shape index (κ2) is 9.18. The predicted octanol–water partition coefficient (Wildman–Crippen LogP) is 5.13. The van der Waals surface area contributed by atoms with Crippen LogP contribution in [0.25, 0.3) is 10.8 Å². The Hall–Kier alpha value is -3.50. The number of fused-ring (bicyclic) bond motifs is 1. The van der Waals surface area contributed by atoms with Gasteiger partial charge in [-0.15, -0.1) is 0 Å². The van der Waals surface area contributed by atoms with Crippen LogP contribution in [-0.4, -0.2) is 30.6 Å². The van der Waals surface area contributed by atoms with Gasteiger partial charge in [-0.1, -0.05) is 12.1 Å². The maximum Gasteiger partial charge on any atom is 0.416 e. The smallest absolute Gasteiger partial charge is 0.369 e. The van der Waals surface area contributed by atoms with Crippen LogP contribution < -0.4 is 15.8 Å². The van der Waals surface area contributed by atoms with Gasteiger partial charge in [0.05, 0.1) is 16.8 Å². The van der Waals surface area contributed by atoms with Crippen LogP contribution in [0.2, 0.25) is 0 Å². The van der Waals surface area contributed by atoms with Crippen molar-refractivity contribution in [3.05, 3.63) is 74.7 Å². The molecule has 3 aromatic rings. The van der Waals surface area contributed by atoms with E-state index in [1.807, 2.05) is 4.90 Å². The number of hydrogen-bond acceptors (Lipinski definition) is 3. The fraction of sp³-hybridized carbons (Fsp3) is 0.360. The first-order valence-electron chi connectivity index (χ1n) is 11.2. The zero-order valence-electron chi connectivity index (χ0n) is 19.5. The highest BCUT2D eigenvalue weighted by Gasteiger charge is 2.37. The van der Waals surface area contributed by atoms with E-state index in [1.54, 1.807) is 12.1 Å². The fourth-order valence-electron chi connectivity index (χ4n) is 4.73. The van der Waals surface area contributed by atoms with Crippen LogP contribution in [-0.2, 0) is 25.8 Å². The number of pyridine rings is 1. The van der Waals surface area contributed by atoms with Gasteiger partial charge in [-0.2, -0.15) is 26.3 Å². The molecule has 1 aliphatic heterocycles. The van der Waals surface area contributed by atoms with Crippen molar-refractivity contribution in [2.45, 2.75) is 31.6 Å². The van der Waals surface area contributed by atoms with Crippen molar-refractivity contribution in [1.82, 2.24) is 9.88 Å². The fourth-order valence-corrected chi connectivity index (χ4v) is 4.73. The molecule has 0 unspecified atom stereocenters. The highest BCUT2D eigenvalue weighted by atomic mass is 19.4. The molecule has 0 atom stereocenters. The number of aromatic nitrogens is 1. The molecule has 1 amide bonds. The first-order valence-corrected chi connectivity index (χ1v) is 11.2. The number of halogens is 6. The summed E-state index contributed by atoms with van der Waals surface area (Å²) in [5.41, 5.74) is -2.63. The Morgan fingerprint density at radius 2 is 1.56 bits per heavy atom. The molecule has 0 spiro atoms. The van der Waals surface area contributed by atoms with Crippen LogP contribution in [0.5, 0.6) is 0 Å². The summed E-state index contributed by atoms with van der Waals surface area (Å²) >= 11 is 0. The molecule has 0 aliphatic carbocycles. The number of carbonyl (C=O) groups is 1. The minimum Gasteiger partial charge on any atom is -0.369 e. The molecule has 0 radical (unpaired) electrons. The largest absolute Gasteiger partial charge is 0.416 e. The normalized spacial score (nSPS) is 14.5. The summed E-state index contributed by atoms with van der Waals surface area (Å²) in [6.07, 6.45) is -8.58. The van der Waals surface area contributed by atoms with Gasteiger partial charge >= 0.3 is 12.4 Å². The maximum atomic E-state index is 13.4. The highest BCUT2D eigenvalue weighted by molar-refractivity contribution is 6.08. The molecule has 1 aliphatic rings.